The van der Waals surface area contributed by atoms with Crippen molar-refractivity contribution in [1.82, 2.24) is 10.3 Å². The Balaban J connectivity index is 1.60. The molecule has 0 bridgehead atoms. The van der Waals surface area contributed by atoms with Crippen molar-refractivity contribution >= 4 is 22.5 Å². The number of rotatable bonds is 7. The second-order valence-electron chi connectivity index (χ2n) is 6.71. The molecule has 5 heteroatoms. The first-order valence-corrected chi connectivity index (χ1v) is 9.36. The van der Waals surface area contributed by atoms with E-state index in [0.29, 0.717) is 13.1 Å². The minimum Gasteiger partial charge on any atom is -0.460 e. The number of benzene rings is 2. The van der Waals surface area contributed by atoms with Gasteiger partial charge in [-0.15, -0.1) is 0 Å². The molecule has 0 spiro atoms. The minimum atomic E-state index is 0.117. The summed E-state index contributed by atoms with van der Waals surface area (Å²) in [5.41, 5.74) is 8.00. The fourth-order valence-corrected chi connectivity index (χ4v) is 3.30. The van der Waals surface area contributed by atoms with Crippen LogP contribution in [0.5, 0.6) is 0 Å². The molecule has 0 unspecified atom stereocenters. The summed E-state index contributed by atoms with van der Waals surface area (Å²) in [6, 6.07) is 18.6. The Hall–Kier alpha value is -3.15. The van der Waals surface area contributed by atoms with Crippen molar-refractivity contribution in [3.8, 4) is 11.1 Å². The van der Waals surface area contributed by atoms with E-state index in [-0.39, 0.29) is 6.61 Å². The van der Waals surface area contributed by atoms with Crippen LogP contribution in [0.25, 0.3) is 22.2 Å². The number of aliphatic hydroxyl groups is 1. The first-order valence-electron chi connectivity index (χ1n) is 9.36. The van der Waals surface area contributed by atoms with Crippen molar-refractivity contribution in [2.24, 2.45) is 0 Å². The lowest BCUT2D eigenvalue weighted by molar-refractivity contribution is 0.292. The zero-order valence-electron chi connectivity index (χ0n) is 15.8. The molecule has 0 aliphatic heterocycles. The van der Waals surface area contributed by atoms with E-state index in [4.69, 9.17) is 9.52 Å². The SMILES string of the molecule is Cc1c(Nc2coc3cc(CNCCO)cnc23)cccc1-c1ccccc1. The van der Waals surface area contributed by atoms with Crippen molar-refractivity contribution in [1.29, 1.82) is 0 Å². The van der Waals surface area contributed by atoms with E-state index < -0.39 is 0 Å². The van der Waals surface area contributed by atoms with Crippen LogP contribution in [0.1, 0.15) is 11.1 Å². The minimum absolute atomic E-state index is 0.117. The predicted octanol–water partition coefficient (Wildman–Crippen LogP) is 4.63. The Morgan fingerprint density at radius 3 is 2.71 bits per heavy atom. The molecule has 0 atom stereocenters. The van der Waals surface area contributed by atoms with Crippen molar-refractivity contribution in [3.63, 3.8) is 0 Å². The van der Waals surface area contributed by atoms with Crippen molar-refractivity contribution in [2.45, 2.75) is 13.5 Å². The average Bonchev–Trinajstić information content (AvgIpc) is 3.12. The zero-order valence-corrected chi connectivity index (χ0v) is 15.8. The first-order chi connectivity index (χ1) is 13.8. The normalized spacial score (nSPS) is 11.1. The molecule has 0 aliphatic rings. The smallest absolute Gasteiger partial charge is 0.154 e. The van der Waals surface area contributed by atoms with Crippen LogP contribution in [0.3, 0.4) is 0 Å². The summed E-state index contributed by atoms with van der Waals surface area (Å²) in [5.74, 6) is 0. The predicted molar refractivity (Wildman–Crippen MR) is 113 cm³/mol. The molecule has 0 aliphatic carbocycles. The molecule has 2 aromatic heterocycles. The molecule has 0 saturated carbocycles. The van der Waals surface area contributed by atoms with E-state index in [1.54, 1.807) is 6.26 Å². The van der Waals surface area contributed by atoms with Crippen LogP contribution in [-0.2, 0) is 6.54 Å². The third-order valence-electron chi connectivity index (χ3n) is 4.77. The van der Waals surface area contributed by atoms with Gasteiger partial charge in [-0.1, -0.05) is 42.5 Å². The Morgan fingerprint density at radius 1 is 1.04 bits per heavy atom. The van der Waals surface area contributed by atoms with Gasteiger partial charge in [0.25, 0.3) is 0 Å². The molecule has 0 radical (unpaired) electrons. The Bertz CT molecular complexity index is 1070. The van der Waals surface area contributed by atoms with Crippen LogP contribution in [0, 0.1) is 6.92 Å². The number of aromatic nitrogens is 1. The topological polar surface area (TPSA) is 70.3 Å². The van der Waals surface area contributed by atoms with Gasteiger partial charge in [-0.25, -0.2) is 0 Å². The molecule has 142 valence electrons. The quantitative estimate of drug-likeness (QED) is 0.412. The summed E-state index contributed by atoms with van der Waals surface area (Å²) in [4.78, 5) is 4.57. The molecule has 4 aromatic rings. The van der Waals surface area contributed by atoms with Gasteiger partial charge in [-0.2, -0.15) is 0 Å². The Morgan fingerprint density at radius 2 is 1.89 bits per heavy atom. The van der Waals surface area contributed by atoms with E-state index in [1.165, 1.54) is 16.7 Å². The second kappa shape index (κ2) is 8.25. The number of nitrogens with one attached hydrogen (secondary N) is 2. The van der Waals surface area contributed by atoms with Crippen LogP contribution in [-0.4, -0.2) is 23.2 Å². The molecule has 3 N–H and O–H groups in total. The molecule has 2 heterocycles. The number of nitrogens with zero attached hydrogens (tertiary/aromatic N) is 1. The fourth-order valence-electron chi connectivity index (χ4n) is 3.30. The Kier molecular flexibility index (Phi) is 5.37. The highest BCUT2D eigenvalue weighted by molar-refractivity contribution is 5.90. The van der Waals surface area contributed by atoms with E-state index in [0.717, 1.165) is 28.0 Å². The fraction of sp³-hybridized carbons (Fsp3) is 0.174. The number of anilines is 2. The van der Waals surface area contributed by atoms with Crippen LogP contribution in [0.4, 0.5) is 11.4 Å². The number of pyridine rings is 1. The van der Waals surface area contributed by atoms with Crippen LogP contribution < -0.4 is 10.6 Å². The highest BCUT2D eigenvalue weighted by Gasteiger charge is 2.11. The van der Waals surface area contributed by atoms with Gasteiger partial charge >= 0.3 is 0 Å². The van der Waals surface area contributed by atoms with E-state index in [9.17, 15) is 0 Å². The van der Waals surface area contributed by atoms with Gasteiger partial charge in [0.2, 0.25) is 0 Å². The van der Waals surface area contributed by atoms with Gasteiger partial charge < -0.3 is 20.2 Å². The number of hydrogen-bond acceptors (Lipinski definition) is 5. The third-order valence-corrected chi connectivity index (χ3v) is 4.77. The maximum atomic E-state index is 8.87. The van der Waals surface area contributed by atoms with Gasteiger partial charge in [0.15, 0.2) is 5.58 Å². The highest BCUT2D eigenvalue weighted by Crippen LogP contribution is 2.33. The first kappa shape index (κ1) is 18.2. The number of hydrogen-bond donors (Lipinski definition) is 3. The summed E-state index contributed by atoms with van der Waals surface area (Å²) in [5, 5.41) is 15.5. The molecule has 5 nitrogen and oxygen atoms in total. The second-order valence-corrected chi connectivity index (χ2v) is 6.71. The lowest BCUT2D eigenvalue weighted by Gasteiger charge is -2.12. The summed E-state index contributed by atoms with van der Waals surface area (Å²) in [6.07, 6.45) is 3.54. The van der Waals surface area contributed by atoms with E-state index >= 15 is 0 Å². The van der Waals surface area contributed by atoms with Gasteiger partial charge in [0.1, 0.15) is 17.5 Å². The maximum Gasteiger partial charge on any atom is 0.154 e. The Labute approximate surface area is 164 Å². The summed E-state index contributed by atoms with van der Waals surface area (Å²) in [6.45, 7) is 3.43. The number of aliphatic hydroxyl groups excluding tert-OH is 1. The third kappa shape index (κ3) is 3.76. The van der Waals surface area contributed by atoms with Gasteiger partial charge in [0, 0.05) is 25.0 Å². The lowest BCUT2D eigenvalue weighted by Crippen LogP contribution is -2.17. The standard InChI is InChI=1S/C23H23N3O2/c1-16-19(18-6-3-2-4-7-18)8-5-9-20(16)26-21-15-28-22-12-17(13-24-10-11-27)14-25-23(21)22/h2-9,12,14-15,24,26-27H,10-11,13H2,1H3. The van der Waals surface area contributed by atoms with Crippen LogP contribution in [0.15, 0.2) is 71.5 Å². The maximum absolute atomic E-state index is 8.87. The average molecular weight is 373 g/mol. The molecular formula is C23H23N3O2. The molecule has 0 amide bonds. The lowest BCUT2D eigenvalue weighted by atomic mass is 9.99. The van der Waals surface area contributed by atoms with Gasteiger partial charge in [-0.05, 0) is 41.3 Å². The van der Waals surface area contributed by atoms with Gasteiger partial charge in [0.05, 0.1) is 6.61 Å². The molecular weight excluding hydrogens is 350 g/mol. The molecule has 0 fully saturated rings. The van der Waals surface area contributed by atoms with Crippen molar-refractivity contribution in [2.75, 3.05) is 18.5 Å². The van der Waals surface area contributed by atoms with Crippen LogP contribution in [0.2, 0.25) is 0 Å². The largest absolute Gasteiger partial charge is 0.460 e. The number of fused-ring (bicyclic) bond motifs is 1. The van der Waals surface area contributed by atoms with Crippen LogP contribution >= 0.6 is 0 Å². The highest BCUT2D eigenvalue weighted by atomic mass is 16.3. The van der Waals surface area contributed by atoms with Gasteiger partial charge in [-0.3, -0.25) is 4.98 Å². The monoisotopic (exact) mass is 373 g/mol. The van der Waals surface area contributed by atoms with Crippen molar-refractivity contribution < 1.29 is 9.52 Å². The molecule has 4 rings (SSSR count). The van der Waals surface area contributed by atoms with Crippen molar-refractivity contribution in [3.05, 3.63) is 78.2 Å². The molecule has 28 heavy (non-hydrogen) atoms. The summed E-state index contributed by atoms with van der Waals surface area (Å²) >= 11 is 0. The number of furan rings is 1. The molecule has 2 aromatic carbocycles. The zero-order chi connectivity index (χ0) is 19.3. The summed E-state index contributed by atoms with van der Waals surface area (Å²) < 4.78 is 5.72. The molecule has 0 saturated heterocycles. The van der Waals surface area contributed by atoms with E-state index in [1.807, 2.05) is 18.3 Å². The van der Waals surface area contributed by atoms with E-state index in [2.05, 4.69) is 65.0 Å². The summed E-state index contributed by atoms with van der Waals surface area (Å²) in [7, 11) is 0.